The Morgan fingerprint density at radius 1 is 1.26 bits per heavy atom. The molecule has 106 valence electrons. The lowest BCUT2D eigenvalue weighted by Crippen LogP contribution is -2.43. The molecule has 0 unspecified atom stereocenters. The number of ether oxygens (including phenoxy) is 1. The molecule has 1 aromatic carbocycles. The van der Waals surface area contributed by atoms with E-state index in [0.29, 0.717) is 18.6 Å². The fourth-order valence-electron chi connectivity index (χ4n) is 2.68. The van der Waals surface area contributed by atoms with Gasteiger partial charge in [0.1, 0.15) is 5.75 Å². The molecule has 2 nitrogen and oxygen atoms in total. The Balaban J connectivity index is 2.13. The Labute approximate surface area is 110 Å². The van der Waals surface area contributed by atoms with Crippen LogP contribution in [0.5, 0.6) is 5.75 Å². The first-order valence-corrected chi connectivity index (χ1v) is 6.35. The summed E-state index contributed by atoms with van der Waals surface area (Å²) in [6.07, 6.45) is -3.21. The predicted octanol–water partition coefficient (Wildman–Crippen LogP) is 3.60. The molecule has 1 saturated carbocycles. The standard InChI is InChI=1S/C14H18F3NO/c1-19-12-4-2-3-11(9-12)13(18)7-5-10(6-8-13)14(15,16)17/h2-4,9-10H,5-8,18H2,1H3. The third-order valence-corrected chi connectivity index (χ3v) is 3.99. The topological polar surface area (TPSA) is 35.2 Å². The van der Waals surface area contributed by atoms with Gasteiger partial charge in [0.05, 0.1) is 13.0 Å². The zero-order valence-electron chi connectivity index (χ0n) is 10.8. The largest absolute Gasteiger partial charge is 0.497 e. The first-order chi connectivity index (χ1) is 8.85. The van der Waals surface area contributed by atoms with Gasteiger partial charge in [-0.25, -0.2) is 0 Å². The molecule has 0 spiro atoms. The van der Waals surface area contributed by atoms with E-state index in [1.54, 1.807) is 13.2 Å². The van der Waals surface area contributed by atoms with Crippen molar-refractivity contribution in [3.8, 4) is 5.75 Å². The van der Waals surface area contributed by atoms with Gasteiger partial charge in [0, 0.05) is 5.54 Å². The summed E-state index contributed by atoms with van der Waals surface area (Å²) in [6, 6.07) is 7.29. The van der Waals surface area contributed by atoms with E-state index in [0.717, 1.165) is 5.56 Å². The zero-order chi connectivity index (χ0) is 14.1. The number of halogens is 3. The summed E-state index contributed by atoms with van der Waals surface area (Å²) in [5.41, 5.74) is 6.47. The maximum atomic E-state index is 12.7. The third kappa shape index (κ3) is 3.03. The summed E-state index contributed by atoms with van der Waals surface area (Å²) >= 11 is 0. The normalized spacial score (nSPS) is 28.2. The van der Waals surface area contributed by atoms with Crippen LogP contribution in [0.2, 0.25) is 0 Å². The minimum Gasteiger partial charge on any atom is -0.497 e. The van der Waals surface area contributed by atoms with Gasteiger partial charge in [-0.05, 0) is 43.4 Å². The van der Waals surface area contributed by atoms with Crippen molar-refractivity contribution in [1.29, 1.82) is 0 Å². The summed E-state index contributed by atoms with van der Waals surface area (Å²) < 4.78 is 43.1. The van der Waals surface area contributed by atoms with Gasteiger partial charge < -0.3 is 10.5 Å². The highest BCUT2D eigenvalue weighted by atomic mass is 19.4. The molecule has 1 aliphatic rings. The van der Waals surface area contributed by atoms with Crippen molar-refractivity contribution in [3.63, 3.8) is 0 Å². The number of nitrogens with two attached hydrogens (primary N) is 1. The lowest BCUT2D eigenvalue weighted by atomic mass is 9.73. The van der Waals surface area contributed by atoms with Gasteiger partial charge in [-0.15, -0.1) is 0 Å². The molecule has 0 aliphatic heterocycles. The number of hydrogen-bond donors (Lipinski definition) is 1. The second-order valence-electron chi connectivity index (χ2n) is 5.20. The summed E-state index contributed by atoms with van der Waals surface area (Å²) in [7, 11) is 1.56. The van der Waals surface area contributed by atoms with E-state index >= 15 is 0 Å². The number of hydrogen-bond acceptors (Lipinski definition) is 2. The van der Waals surface area contributed by atoms with Crippen LogP contribution in [-0.2, 0) is 5.54 Å². The lowest BCUT2D eigenvalue weighted by molar-refractivity contribution is -0.184. The van der Waals surface area contributed by atoms with E-state index in [1.807, 2.05) is 18.2 Å². The summed E-state index contributed by atoms with van der Waals surface area (Å²) in [5, 5.41) is 0. The minimum absolute atomic E-state index is 0.0945. The Morgan fingerprint density at radius 3 is 2.42 bits per heavy atom. The number of alkyl halides is 3. The minimum atomic E-state index is -4.10. The average Bonchev–Trinajstić information content (AvgIpc) is 2.38. The van der Waals surface area contributed by atoms with Crippen molar-refractivity contribution in [3.05, 3.63) is 29.8 Å². The summed E-state index contributed by atoms with van der Waals surface area (Å²) in [5.74, 6) is -0.532. The van der Waals surface area contributed by atoms with Crippen LogP contribution in [0.25, 0.3) is 0 Å². The van der Waals surface area contributed by atoms with E-state index in [1.165, 1.54) is 0 Å². The van der Waals surface area contributed by atoms with E-state index in [-0.39, 0.29) is 12.8 Å². The zero-order valence-corrected chi connectivity index (χ0v) is 10.8. The van der Waals surface area contributed by atoms with Gasteiger partial charge in [0.2, 0.25) is 0 Å². The fraction of sp³-hybridized carbons (Fsp3) is 0.571. The first kappa shape index (κ1) is 14.2. The molecule has 1 aliphatic carbocycles. The van der Waals surface area contributed by atoms with E-state index in [2.05, 4.69) is 0 Å². The molecule has 5 heteroatoms. The molecule has 0 saturated heterocycles. The maximum Gasteiger partial charge on any atom is 0.391 e. The van der Waals surface area contributed by atoms with E-state index in [9.17, 15) is 13.2 Å². The highest BCUT2D eigenvalue weighted by Crippen LogP contribution is 2.44. The van der Waals surface area contributed by atoms with E-state index in [4.69, 9.17) is 10.5 Å². The Bertz CT molecular complexity index is 437. The molecule has 1 aromatic rings. The molecule has 19 heavy (non-hydrogen) atoms. The van der Waals surface area contributed by atoms with Crippen molar-refractivity contribution < 1.29 is 17.9 Å². The highest BCUT2D eigenvalue weighted by Gasteiger charge is 2.45. The van der Waals surface area contributed by atoms with Gasteiger partial charge in [-0.3, -0.25) is 0 Å². The molecular formula is C14H18F3NO. The van der Waals surface area contributed by atoms with Crippen LogP contribution in [0.1, 0.15) is 31.2 Å². The highest BCUT2D eigenvalue weighted by molar-refractivity contribution is 5.33. The smallest absolute Gasteiger partial charge is 0.391 e. The summed E-state index contributed by atoms with van der Waals surface area (Å²) in [6.45, 7) is 0. The van der Waals surface area contributed by atoms with E-state index < -0.39 is 17.6 Å². The van der Waals surface area contributed by atoms with Gasteiger partial charge in [-0.1, -0.05) is 12.1 Å². The van der Waals surface area contributed by atoms with Crippen molar-refractivity contribution in [2.24, 2.45) is 11.7 Å². The van der Waals surface area contributed by atoms with Crippen molar-refractivity contribution >= 4 is 0 Å². The molecule has 0 amide bonds. The number of benzene rings is 1. The van der Waals surface area contributed by atoms with Gasteiger partial charge in [-0.2, -0.15) is 13.2 Å². The molecule has 2 N–H and O–H groups in total. The predicted molar refractivity (Wildman–Crippen MR) is 66.9 cm³/mol. The molecule has 1 fully saturated rings. The van der Waals surface area contributed by atoms with Crippen LogP contribution in [-0.4, -0.2) is 13.3 Å². The van der Waals surface area contributed by atoms with Crippen LogP contribution < -0.4 is 10.5 Å². The van der Waals surface area contributed by atoms with Crippen molar-refractivity contribution in [1.82, 2.24) is 0 Å². The van der Waals surface area contributed by atoms with Crippen LogP contribution in [0, 0.1) is 5.92 Å². The number of rotatable bonds is 2. The van der Waals surface area contributed by atoms with Crippen LogP contribution in [0.15, 0.2) is 24.3 Å². The van der Waals surface area contributed by atoms with Crippen LogP contribution >= 0.6 is 0 Å². The number of methoxy groups -OCH3 is 1. The molecule has 0 aromatic heterocycles. The van der Waals surface area contributed by atoms with Crippen LogP contribution in [0.4, 0.5) is 13.2 Å². The Hall–Kier alpha value is -1.23. The van der Waals surface area contributed by atoms with Crippen molar-refractivity contribution in [2.75, 3.05) is 7.11 Å². The SMILES string of the molecule is COc1cccc(C2(N)CCC(C(F)(F)F)CC2)c1. The maximum absolute atomic E-state index is 12.7. The lowest BCUT2D eigenvalue weighted by Gasteiger charge is -2.38. The molecular weight excluding hydrogens is 255 g/mol. The first-order valence-electron chi connectivity index (χ1n) is 6.35. The van der Waals surface area contributed by atoms with Crippen molar-refractivity contribution in [2.45, 2.75) is 37.4 Å². The van der Waals surface area contributed by atoms with Crippen LogP contribution in [0.3, 0.4) is 0 Å². The molecule has 0 bridgehead atoms. The molecule has 0 heterocycles. The third-order valence-electron chi connectivity index (χ3n) is 3.99. The summed E-state index contributed by atoms with van der Waals surface area (Å²) in [4.78, 5) is 0. The second kappa shape index (κ2) is 5.04. The van der Waals surface area contributed by atoms with Gasteiger partial charge in [0.25, 0.3) is 0 Å². The monoisotopic (exact) mass is 273 g/mol. The average molecular weight is 273 g/mol. The Kier molecular flexibility index (Phi) is 3.76. The second-order valence-corrected chi connectivity index (χ2v) is 5.20. The molecule has 0 radical (unpaired) electrons. The quantitative estimate of drug-likeness (QED) is 0.893. The molecule has 2 rings (SSSR count). The van der Waals surface area contributed by atoms with Gasteiger partial charge >= 0.3 is 6.18 Å². The molecule has 0 atom stereocenters. The Morgan fingerprint density at radius 2 is 1.89 bits per heavy atom. The fourth-order valence-corrected chi connectivity index (χ4v) is 2.68. The van der Waals surface area contributed by atoms with Gasteiger partial charge in [0.15, 0.2) is 0 Å².